The van der Waals surface area contributed by atoms with E-state index in [1.807, 2.05) is 32.0 Å². The first kappa shape index (κ1) is 19.0. The van der Waals surface area contributed by atoms with Crippen LogP contribution in [0.5, 0.6) is 5.75 Å². The van der Waals surface area contributed by atoms with Crippen LogP contribution >= 0.6 is 0 Å². The number of morpholine rings is 1. The van der Waals surface area contributed by atoms with E-state index in [4.69, 9.17) is 14.0 Å². The Labute approximate surface area is 165 Å². The number of rotatable bonds is 7. The molecule has 1 aromatic carbocycles. The van der Waals surface area contributed by atoms with E-state index in [9.17, 15) is 4.79 Å². The van der Waals surface area contributed by atoms with Crippen molar-refractivity contribution in [2.45, 2.75) is 26.7 Å². The molecule has 2 aliphatic rings. The summed E-state index contributed by atoms with van der Waals surface area (Å²) in [7, 11) is 0. The van der Waals surface area contributed by atoms with E-state index in [0.29, 0.717) is 6.61 Å². The summed E-state index contributed by atoms with van der Waals surface area (Å²) in [6.07, 6.45) is 1.95. The molecule has 150 valence electrons. The van der Waals surface area contributed by atoms with Gasteiger partial charge in [-0.25, -0.2) is 0 Å². The lowest BCUT2D eigenvalue weighted by molar-refractivity contribution is -0.117. The molecule has 1 saturated heterocycles. The van der Waals surface area contributed by atoms with Gasteiger partial charge < -0.3 is 19.3 Å². The topological polar surface area (TPSA) is 76.8 Å². The van der Waals surface area contributed by atoms with Crippen LogP contribution in [0.2, 0.25) is 0 Å². The number of aromatic nitrogens is 1. The van der Waals surface area contributed by atoms with Gasteiger partial charge in [0, 0.05) is 36.8 Å². The molecule has 1 aliphatic heterocycles. The highest BCUT2D eigenvalue weighted by atomic mass is 16.5. The van der Waals surface area contributed by atoms with Crippen LogP contribution < -0.4 is 10.1 Å². The Morgan fingerprint density at radius 3 is 2.75 bits per heavy atom. The van der Waals surface area contributed by atoms with Crippen LogP contribution in [-0.4, -0.2) is 55.4 Å². The minimum atomic E-state index is 0.0886. The van der Waals surface area contributed by atoms with E-state index in [2.05, 4.69) is 15.4 Å². The van der Waals surface area contributed by atoms with Gasteiger partial charge in [-0.3, -0.25) is 9.69 Å². The first-order valence-corrected chi connectivity index (χ1v) is 9.93. The number of carbonyl (C=O) groups is 1. The molecule has 7 heteroatoms. The number of nitrogens with zero attached hydrogens (tertiary/aromatic N) is 2. The molecule has 1 saturated carbocycles. The van der Waals surface area contributed by atoms with Crippen molar-refractivity contribution in [1.29, 1.82) is 0 Å². The van der Waals surface area contributed by atoms with Gasteiger partial charge in [0.25, 0.3) is 0 Å². The fraction of sp³-hybridized carbons (Fsp3) is 0.524. The number of amides is 1. The molecule has 7 nitrogen and oxygen atoms in total. The van der Waals surface area contributed by atoms with Gasteiger partial charge in [0.1, 0.15) is 18.1 Å². The lowest BCUT2D eigenvalue weighted by Gasteiger charge is -2.26. The Hall–Kier alpha value is -2.38. The lowest BCUT2D eigenvalue weighted by Crippen LogP contribution is -2.38. The Kier molecular flexibility index (Phi) is 5.64. The highest BCUT2D eigenvalue weighted by molar-refractivity contribution is 5.95. The van der Waals surface area contributed by atoms with E-state index < -0.39 is 0 Å². The van der Waals surface area contributed by atoms with Gasteiger partial charge in [-0.15, -0.1) is 0 Å². The molecule has 0 radical (unpaired) electrons. The highest BCUT2D eigenvalue weighted by Gasteiger charge is 2.29. The zero-order valence-corrected chi connectivity index (χ0v) is 16.5. The fourth-order valence-electron chi connectivity index (χ4n) is 3.50. The van der Waals surface area contributed by atoms with Gasteiger partial charge in [-0.05, 0) is 44.9 Å². The van der Waals surface area contributed by atoms with Crippen molar-refractivity contribution < 1.29 is 18.8 Å². The number of aryl methyl sites for hydroxylation is 2. The van der Waals surface area contributed by atoms with Gasteiger partial charge >= 0.3 is 0 Å². The summed E-state index contributed by atoms with van der Waals surface area (Å²) >= 11 is 0. The zero-order chi connectivity index (χ0) is 19.5. The maximum Gasteiger partial charge on any atom is 0.227 e. The molecule has 1 amide bonds. The third kappa shape index (κ3) is 4.36. The normalized spacial score (nSPS) is 17.5. The van der Waals surface area contributed by atoms with E-state index >= 15 is 0 Å². The van der Waals surface area contributed by atoms with Gasteiger partial charge in [0.05, 0.1) is 24.5 Å². The second-order valence-electron chi connectivity index (χ2n) is 7.48. The van der Waals surface area contributed by atoms with Crippen LogP contribution in [0.3, 0.4) is 0 Å². The zero-order valence-electron chi connectivity index (χ0n) is 16.5. The Morgan fingerprint density at radius 1 is 1.29 bits per heavy atom. The molecular weight excluding hydrogens is 358 g/mol. The fourth-order valence-corrected chi connectivity index (χ4v) is 3.50. The molecule has 2 fully saturated rings. The minimum absolute atomic E-state index is 0.0886. The lowest BCUT2D eigenvalue weighted by atomic mass is 10.0. The summed E-state index contributed by atoms with van der Waals surface area (Å²) in [5, 5.41) is 7.09. The third-order valence-electron chi connectivity index (χ3n) is 5.27. The number of hydrogen-bond acceptors (Lipinski definition) is 6. The number of ether oxygens (including phenoxy) is 2. The Balaban J connectivity index is 1.52. The molecule has 2 heterocycles. The number of carbonyl (C=O) groups excluding carboxylic acids is 1. The molecule has 0 unspecified atom stereocenters. The molecule has 2 aromatic rings. The first-order valence-electron chi connectivity index (χ1n) is 9.93. The Morgan fingerprint density at radius 2 is 2.07 bits per heavy atom. The van der Waals surface area contributed by atoms with Gasteiger partial charge in [0.15, 0.2) is 0 Å². The number of nitrogens with one attached hydrogen (secondary N) is 1. The van der Waals surface area contributed by atoms with E-state index in [-0.39, 0.29) is 11.8 Å². The summed E-state index contributed by atoms with van der Waals surface area (Å²) in [6, 6.07) is 5.77. The van der Waals surface area contributed by atoms with Crippen molar-refractivity contribution in [3.8, 4) is 16.9 Å². The van der Waals surface area contributed by atoms with Crippen LogP contribution in [0.25, 0.3) is 11.1 Å². The first-order chi connectivity index (χ1) is 13.6. The average Bonchev–Trinajstić information content (AvgIpc) is 3.49. The molecule has 0 spiro atoms. The summed E-state index contributed by atoms with van der Waals surface area (Å²) in [4.78, 5) is 14.5. The SMILES string of the molecule is Cc1noc(C)c1-c1cc(NC(=O)C2CC2)ccc1OCCN1CCOCC1. The predicted molar refractivity (Wildman–Crippen MR) is 106 cm³/mol. The quantitative estimate of drug-likeness (QED) is 0.790. The average molecular weight is 385 g/mol. The van der Waals surface area contributed by atoms with Crippen molar-refractivity contribution in [2.24, 2.45) is 5.92 Å². The van der Waals surface area contributed by atoms with Crippen LogP contribution in [0.15, 0.2) is 22.7 Å². The van der Waals surface area contributed by atoms with E-state index in [1.54, 1.807) is 0 Å². The third-order valence-corrected chi connectivity index (χ3v) is 5.27. The van der Waals surface area contributed by atoms with Crippen LogP contribution in [0.1, 0.15) is 24.3 Å². The maximum absolute atomic E-state index is 12.1. The minimum Gasteiger partial charge on any atom is -0.492 e. The molecule has 1 N–H and O–H groups in total. The van der Waals surface area contributed by atoms with Gasteiger partial charge in [-0.1, -0.05) is 5.16 Å². The summed E-state index contributed by atoms with van der Waals surface area (Å²) < 4.78 is 16.9. The Bertz CT molecular complexity index is 819. The molecule has 0 atom stereocenters. The van der Waals surface area contributed by atoms with Crippen molar-refractivity contribution in [1.82, 2.24) is 10.1 Å². The molecular formula is C21H27N3O4. The smallest absolute Gasteiger partial charge is 0.227 e. The predicted octanol–water partition coefficient (Wildman–Crippen LogP) is 3.02. The van der Waals surface area contributed by atoms with E-state index in [1.165, 1.54) is 0 Å². The van der Waals surface area contributed by atoms with E-state index in [0.717, 1.165) is 79.7 Å². The maximum atomic E-state index is 12.1. The summed E-state index contributed by atoms with van der Waals surface area (Å²) in [6.45, 7) is 8.67. The molecule has 1 aromatic heterocycles. The molecule has 0 bridgehead atoms. The summed E-state index contributed by atoms with van der Waals surface area (Å²) in [5.41, 5.74) is 3.39. The van der Waals surface area contributed by atoms with Crippen molar-refractivity contribution in [2.75, 3.05) is 44.8 Å². The number of anilines is 1. The largest absolute Gasteiger partial charge is 0.492 e. The van der Waals surface area contributed by atoms with Crippen LogP contribution in [-0.2, 0) is 9.53 Å². The number of hydrogen-bond donors (Lipinski definition) is 1. The second kappa shape index (κ2) is 8.32. The molecule has 1 aliphatic carbocycles. The van der Waals surface area contributed by atoms with Crippen LogP contribution in [0.4, 0.5) is 5.69 Å². The van der Waals surface area contributed by atoms with Crippen molar-refractivity contribution in [3.05, 3.63) is 29.7 Å². The monoisotopic (exact) mass is 385 g/mol. The molecule has 28 heavy (non-hydrogen) atoms. The van der Waals surface area contributed by atoms with Crippen molar-refractivity contribution >= 4 is 11.6 Å². The van der Waals surface area contributed by atoms with Crippen LogP contribution in [0, 0.1) is 19.8 Å². The van der Waals surface area contributed by atoms with Gasteiger partial charge in [0.2, 0.25) is 5.91 Å². The van der Waals surface area contributed by atoms with Crippen molar-refractivity contribution in [3.63, 3.8) is 0 Å². The van der Waals surface area contributed by atoms with Gasteiger partial charge in [-0.2, -0.15) is 0 Å². The standard InChI is InChI=1S/C21H27N3O4/c1-14-20(15(2)28-23-14)18-13-17(22-21(25)16-3-4-16)5-6-19(18)27-12-9-24-7-10-26-11-8-24/h5-6,13,16H,3-4,7-12H2,1-2H3,(H,22,25). The highest BCUT2D eigenvalue weighted by Crippen LogP contribution is 2.37. The number of benzene rings is 1. The molecule has 4 rings (SSSR count). The second-order valence-corrected chi connectivity index (χ2v) is 7.48. The summed E-state index contributed by atoms with van der Waals surface area (Å²) in [5.74, 6) is 1.76.